The van der Waals surface area contributed by atoms with Gasteiger partial charge in [0.15, 0.2) is 0 Å². The van der Waals surface area contributed by atoms with Crippen molar-refractivity contribution in [3.8, 4) is 11.1 Å². The topological polar surface area (TPSA) is 44.9 Å². The van der Waals surface area contributed by atoms with E-state index >= 15 is 0 Å². The van der Waals surface area contributed by atoms with E-state index in [0.29, 0.717) is 27.6 Å². The molecule has 0 bridgehead atoms. The van der Waals surface area contributed by atoms with E-state index in [2.05, 4.69) is 10.3 Å². The van der Waals surface area contributed by atoms with Crippen LogP contribution >= 0.6 is 0 Å². The van der Waals surface area contributed by atoms with Crippen molar-refractivity contribution < 1.29 is 18.0 Å². The van der Waals surface area contributed by atoms with Crippen LogP contribution < -0.4 is 5.32 Å². The molecule has 0 atom stereocenters. The minimum atomic E-state index is -0.461. The van der Waals surface area contributed by atoms with Crippen LogP contribution in [0.1, 0.15) is 16.1 Å². The maximum Gasteiger partial charge on any atom is 0.267 e. The molecule has 3 nitrogen and oxygen atoms in total. The van der Waals surface area contributed by atoms with Crippen molar-refractivity contribution in [3.63, 3.8) is 0 Å². The molecular weight excluding hydrogens is 365 g/mol. The van der Waals surface area contributed by atoms with Crippen molar-refractivity contribution in [1.82, 2.24) is 10.3 Å². The van der Waals surface area contributed by atoms with Gasteiger partial charge in [0.25, 0.3) is 5.91 Å². The highest BCUT2D eigenvalue weighted by Crippen LogP contribution is 2.30. The lowest BCUT2D eigenvalue weighted by Gasteiger charge is -2.05. The molecule has 1 amide bonds. The third-order valence-electron chi connectivity index (χ3n) is 4.44. The Morgan fingerprint density at radius 2 is 1.64 bits per heavy atom. The van der Waals surface area contributed by atoms with Gasteiger partial charge in [0.05, 0.1) is 5.52 Å². The molecule has 0 aliphatic heterocycles. The van der Waals surface area contributed by atoms with Gasteiger partial charge in [-0.1, -0.05) is 24.3 Å². The van der Waals surface area contributed by atoms with Crippen molar-refractivity contribution in [1.29, 1.82) is 0 Å². The number of carbonyl (C=O) groups is 1. The molecule has 0 saturated heterocycles. The summed E-state index contributed by atoms with van der Waals surface area (Å²) in [5.74, 6) is -1.62. The minimum absolute atomic E-state index is 0.158. The molecule has 4 aromatic rings. The molecule has 140 valence electrons. The fourth-order valence-electron chi connectivity index (χ4n) is 3.11. The van der Waals surface area contributed by atoms with Crippen LogP contribution in [-0.2, 0) is 6.54 Å². The molecule has 0 fully saturated rings. The van der Waals surface area contributed by atoms with Gasteiger partial charge in [-0.3, -0.25) is 4.79 Å². The second kappa shape index (κ2) is 7.23. The van der Waals surface area contributed by atoms with Crippen LogP contribution in [0.15, 0.2) is 66.7 Å². The summed E-state index contributed by atoms with van der Waals surface area (Å²) in [5.41, 5.74) is 2.60. The minimum Gasteiger partial charge on any atom is -0.350 e. The van der Waals surface area contributed by atoms with Gasteiger partial charge in [0.1, 0.15) is 23.1 Å². The average Bonchev–Trinajstić information content (AvgIpc) is 3.10. The van der Waals surface area contributed by atoms with Crippen molar-refractivity contribution in [2.24, 2.45) is 0 Å². The van der Waals surface area contributed by atoms with Crippen LogP contribution in [0.5, 0.6) is 0 Å². The summed E-state index contributed by atoms with van der Waals surface area (Å²) in [6.45, 7) is 0.158. The number of carbonyl (C=O) groups excluding carboxylic acids is 1. The van der Waals surface area contributed by atoms with Crippen molar-refractivity contribution in [2.45, 2.75) is 6.54 Å². The Morgan fingerprint density at radius 1 is 0.857 bits per heavy atom. The van der Waals surface area contributed by atoms with E-state index in [1.165, 1.54) is 36.4 Å². The van der Waals surface area contributed by atoms with Crippen LogP contribution in [0.4, 0.5) is 13.2 Å². The molecule has 0 radical (unpaired) electrons. The summed E-state index contributed by atoms with van der Waals surface area (Å²) >= 11 is 0. The average molecular weight is 380 g/mol. The van der Waals surface area contributed by atoms with Gasteiger partial charge in [0.2, 0.25) is 0 Å². The molecule has 28 heavy (non-hydrogen) atoms. The third kappa shape index (κ3) is 3.62. The Kier molecular flexibility index (Phi) is 4.61. The van der Waals surface area contributed by atoms with Crippen LogP contribution in [-0.4, -0.2) is 10.9 Å². The Labute approximate surface area is 158 Å². The number of hydrogen-bond donors (Lipinski definition) is 2. The molecule has 4 rings (SSSR count). The molecule has 1 aromatic heterocycles. The molecule has 0 unspecified atom stereocenters. The molecule has 6 heteroatoms. The first-order valence-electron chi connectivity index (χ1n) is 8.60. The van der Waals surface area contributed by atoms with Gasteiger partial charge in [-0.25, -0.2) is 13.2 Å². The Hall–Kier alpha value is -3.54. The Bertz CT molecular complexity index is 1170. The number of amides is 1. The van der Waals surface area contributed by atoms with Crippen LogP contribution in [0, 0.1) is 17.5 Å². The van der Waals surface area contributed by atoms with Gasteiger partial charge < -0.3 is 10.3 Å². The summed E-state index contributed by atoms with van der Waals surface area (Å²) < 4.78 is 40.5. The highest BCUT2D eigenvalue weighted by molar-refractivity contribution is 6.02. The van der Waals surface area contributed by atoms with Crippen LogP contribution in [0.25, 0.3) is 22.0 Å². The number of hydrogen-bond acceptors (Lipinski definition) is 1. The second-order valence-corrected chi connectivity index (χ2v) is 6.42. The number of fused-ring (bicyclic) bond motifs is 1. The van der Waals surface area contributed by atoms with Crippen molar-refractivity contribution >= 4 is 16.8 Å². The van der Waals surface area contributed by atoms with E-state index in [4.69, 9.17) is 0 Å². The van der Waals surface area contributed by atoms with E-state index in [1.807, 2.05) is 0 Å². The van der Waals surface area contributed by atoms with Crippen LogP contribution in [0.3, 0.4) is 0 Å². The normalized spacial score (nSPS) is 11.0. The molecule has 0 spiro atoms. The summed E-state index contributed by atoms with van der Waals surface area (Å²) in [7, 11) is 0. The Morgan fingerprint density at radius 3 is 2.39 bits per heavy atom. The van der Waals surface area contributed by atoms with Crippen molar-refractivity contribution in [3.05, 3.63) is 95.4 Å². The van der Waals surface area contributed by atoms with E-state index in [9.17, 15) is 18.0 Å². The molecule has 3 aromatic carbocycles. The predicted octanol–water partition coefficient (Wildman–Crippen LogP) is 5.18. The van der Waals surface area contributed by atoms with Gasteiger partial charge in [-0.2, -0.15) is 0 Å². The monoisotopic (exact) mass is 380 g/mol. The third-order valence-corrected chi connectivity index (χ3v) is 4.44. The first kappa shape index (κ1) is 17.9. The zero-order chi connectivity index (χ0) is 19.7. The predicted molar refractivity (Wildman–Crippen MR) is 101 cm³/mol. The van der Waals surface area contributed by atoms with Gasteiger partial charge >= 0.3 is 0 Å². The van der Waals surface area contributed by atoms with Gasteiger partial charge in [0, 0.05) is 17.5 Å². The van der Waals surface area contributed by atoms with E-state index in [-0.39, 0.29) is 23.9 Å². The SMILES string of the molecule is O=C(NCc1cccc(F)c1)c1cc2cc(F)cc(-c3ccc(F)cc3)c2[nH]1. The Balaban J connectivity index is 1.64. The number of aromatic amines is 1. The zero-order valence-electron chi connectivity index (χ0n) is 14.6. The number of rotatable bonds is 4. The summed E-state index contributed by atoms with van der Waals surface area (Å²) in [4.78, 5) is 15.5. The van der Waals surface area contributed by atoms with E-state index in [0.717, 1.165) is 0 Å². The maximum absolute atomic E-state index is 14.1. The number of benzene rings is 3. The highest BCUT2D eigenvalue weighted by atomic mass is 19.1. The molecule has 0 saturated carbocycles. The lowest BCUT2D eigenvalue weighted by molar-refractivity contribution is 0.0946. The number of halogens is 3. The standard InChI is InChI=1S/C22H15F3N2O/c23-16-6-4-14(5-7-16)19-11-18(25)9-15-10-20(27-21(15)19)22(28)26-12-13-2-1-3-17(24)8-13/h1-11,27H,12H2,(H,26,28). The lowest BCUT2D eigenvalue weighted by Crippen LogP contribution is -2.23. The summed E-state index contributed by atoms with van der Waals surface area (Å²) in [6.07, 6.45) is 0. The van der Waals surface area contributed by atoms with Gasteiger partial charge in [-0.15, -0.1) is 0 Å². The second-order valence-electron chi connectivity index (χ2n) is 6.42. The smallest absolute Gasteiger partial charge is 0.267 e. The first-order chi connectivity index (χ1) is 13.5. The largest absolute Gasteiger partial charge is 0.350 e. The van der Waals surface area contributed by atoms with Crippen LogP contribution in [0.2, 0.25) is 0 Å². The highest BCUT2D eigenvalue weighted by Gasteiger charge is 2.14. The van der Waals surface area contributed by atoms with Crippen molar-refractivity contribution in [2.75, 3.05) is 0 Å². The van der Waals surface area contributed by atoms with E-state index in [1.54, 1.807) is 30.3 Å². The first-order valence-corrected chi connectivity index (χ1v) is 8.60. The maximum atomic E-state index is 14.1. The molecule has 1 heterocycles. The number of H-pyrrole nitrogens is 1. The number of nitrogens with one attached hydrogen (secondary N) is 2. The number of aromatic nitrogens is 1. The summed E-state index contributed by atoms with van der Waals surface area (Å²) in [5, 5.41) is 3.23. The lowest BCUT2D eigenvalue weighted by atomic mass is 10.0. The van der Waals surface area contributed by atoms with Gasteiger partial charge in [-0.05, 0) is 53.6 Å². The zero-order valence-corrected chi connectivity index (χ0v) is 14.6. The molecular formula is C22H15F3N2O. The molecule has 2 N–H and O–H groups in total. The summed E-state index contributed by atoms with van der Waals surface area (Å²) in [6, 6.07) is 15.8. The van der Waals surface area contributed by atoms with E-state index < -0.39 is 11.7 Å². The quantitative estimate of drug-likeness (QED) is 0.503. The molecule has 0 aliphatic carbocycles. The fraction of sp³-hybridized carbons (Fsp3) is 0.0455. The molecule has 0 aliphatic rings. The fourth-order valence-corrected chi connectivity index (χ4v) is 3.11.